The Hall–Kier alpha value is -1.50. The van der Waals surface area contributed by atoms with E-state index in [-0.39, 0.29) is 11.1 Å². The van der Waals surface area contributed by atoms with Gasteiger partial charge in [0.05, 0.1) is 6.20 Å². The molecule has 1 N–H and O–H groups in total. The van der Waals surface area contributed by atoms with E-state index >= 15 is 0 Å². The van der Waals surface area contributed by atoms with Crippen LogP contribution in [-0.4, -0.2) is 57.0 Å². The van der Waals surface area contributed by atoms with E-state index < -0.39 is 0 Å². The molecule has 0 radical (unpaired) electrons. The van der Waals surface area contributed by atoms with Gasteiger partial charge in [-0.2, -0.15) is 5.10 Å². The van der Waals surface area contributed by atoms with Gasteiger partial charge in [0.1, 0.15) is 0 Å². The van der Waals surface area contributed by atoms with Gasteiger partial charge < -0.3 is 9.80 Å². The maximum atomic E-state index is 11.9. The van der Waals surface area contributed by atoms with Gasteiger partial charge in [0.2, 0.25) is 5.91 Å². The lowest BCUT2D eigenvalue weighted by molar-refractivity contribution is -0.130. The number of hydrogen-bond acceptors (Lipinski definition) is 4. The van der Waals surface area contributed by atoms with Crippen LogP contribution >= 0.6 is 11.8 Å². The van der Waals surface area contributed by atoms with Crippen LogP contribution in [0, 0.1) is 0 Å². The number of aromatic amines is 1. The molecule has 0 aromatic carbocycles. The van der Waals surface area contributed by atoms with E-state index in [2.05, 4.69) is 10.2 Å². The Balaban J connectivity index is 1.75. The minimum Gasteiger partial charge on any atom is -0.341 e. The lowest BCUT2D eigenvalue weighted by Gasteiger charge is -2.19. The third-order valence-electron chi connectivity index (χ3n) is 2.84. The van der Waals surface area contributed by atoms with Gasteiger partial charge in [-0.3, -0.25) is 14.7 Å². The van der Waals surface area contributed by atoms with Crippen molar-refractivity contribution < 1.29 is 9.59 Å². The van der Waals surface area contributed by atoms with E-state index in [0.29, 0.717) is 19.5 Å². The summed E-state index contributed by atoms with van der Waals surface area (Å²) in [6.45, 7) is 1.81. The number of nitrogens with zero attached hydrogens (tertiary/aromatic N) is 3. The maximum absolute atomic E-state index is 11.9. The zero-order valence-electron chi connectivity index (χ0n) is 10.3. The Morgan fingerprint density at radius 2 is 2.50 bits per heavy atom. The number of nitrogens with one attached hydrogen (secondary N) is 1. The maximum Gasteiger partial charge on any atom is 0.281 e. The molecular formula is C11H16N4O2S. The van der Waals surface area contributed by atoms with Gasteiger partial charge in [-0.05, 0) is 0 Å². The third kappa shape index (κ3) is 3.25. The number of carbonyl (C=O) groups excluding carboxylic acids is 2. The van der Waals surface area contributed by atoms with Crippen LogP contribution in [0.3, 0.4) is 0 Å². The van der Waals surface area contributed by atoms with Gasteiger partial charge in [0.25, 0.3) is 5.24 Å². The molecule has 2 rings (SSSR count). The topological polar surface area (TPSA) is 69.3 Å². The van der Waals surface area contributed by atoms with Crippen molar-refractivity contribution in [3.8, 4) is 0 Å². The van der Waals surface area contributed by atoms with Crippen LogP contribution in [0.15, 0.2) is 12.4 Å². The molecule has 1 aliphatic heterocycles. The molecule has 1 saturated heterocycles. The van der Waals surface area contributed by atoms with Crippen molar-refractivity contribution in [1.29, 1.82) is 0 Å². The highest BCUT2D eigenvalue weighted by molar-refractivity contribution is 8.13. The van der Waals surface area contributed by atoms with Crippen LogP contribution in [0.2, 0.25) is 0 Å². The lowest BCUT2D eigenvalue weighted by atomic mass is 10.3. The van der Waals surface area contributed by atoms with Crippen molar-refractivity contribution in [3.05, 3.63) is 18.0 Å². The Morgan fingerprint density at radius 1 is 1.67 bits per heavy atom. The summed E-state index contributed by atoms with van der Waals surface area (Å²) in [4.78, 5) is 26.6. The predicted octanol–water partition coefficient (Wildman–Crippen LogP) is 0.927. The van der Waals surface area contributed by atoms with Crippen LogP contribution in [0.1, 0.15) is 12.0 Å². The molecule has 6 nitrogen and oxygen atoms in total. The minimum absolute atomic E-state index is 0.0425. The first kappa shape index (κ1) is 12.9. The van der Waals surface area contributed by atoms with E-state index in [4.69, 9.17) is 0 Å². The highest BCUT2D eigenvalue weighted by Crippen LogP contribution is 2.17. The van der Waals surface area contributed by atoms with Gasteiger partial charge in [0.15, 0.2) is 0 Å². The number of hydrogen-bond donors (Lipinski definition) is 1. The molecule has 2 amide bonds. The average Bonchev–Trinajstić information content (AvgIpc) is 2.98. The van der Waals surface area contributed by atoms with E-state index in [0.717, 1.165) is 17.9 Å². The normalized spacial score (nSPS) is 15.2. The molecule has 1 aromatic rings. The molecule has 1 aliphatic rings. The van der Waals surface area contributed by atoms with E-state index in [1.165, 1.54) is 11.8 Å². The zero-order valence-corrected chi connectivity index (χ0v) is 11.1. The summed E-state index contributed by atoms with van der Waals surface area (Å²) < 4.78 is 0. The molecule has 0 aliphatic carbocycles. The molecule has 0 saturated carbocycles. The number of aromatic nitrogens is 2. The third-order valence-corrected chi connectivity index (χ3v) is 3.73. The Bertz CT molecular complexity index is 421. The molecular weight excluding hydrogens is 252 g/mol. The van der Waals surface area contributed by atoms with Crippen LogP contribution in [-0.2, 0) is 11.3 Å². The SMILES string of the molecule is CN(Cc1cn[nH]c1)C(=O)CCN1CCSC1=O. The number of amides is 2. The van der Waals surface area contributed by atoms with Crippen molar-refractivity contribution in [2.45, 2.75) is 13.0 Å². The summed E-state index contributed by atoms with van der Waals surface area (Å²) in [5.74, 6) is 0.874. The second-order valence-electron chi connectivity index (χ2n) is 4.21. The quantitative estimate of drug-likeness (QED) is 0.862. The Morgan fingerprint density at radius 3 is 3.11 bits per heavy atom. The number of H-pyrrole nitrogens is 1. The van der Waals surface area contributed by atoms with Gasteiger partial charge in [-0.25, -0.2) is 0 Å². The van der Waals surface area contributed by atoms with Crippen LogP contribution in [0.4, 0.5) is 4.79 Å². The van der Waals surface area contributed by atoms with Crippen LogP contribution in [0.5, 0.6) is 0 Å². The second-order valence-corrected chi connectivity index (χ2v) is 5.25. The van der Waals surface area contributed by atoms with Gasteiger partial charge in [-0.15, -0.1) is 0 Å². The van der Waals surface area contributed by atoms with Crippen molar-refractivity contribution in [1.82, 2.24) is 20.0 Å². The summed E-state index contributed by atoms with van der Waals surface area (Å²) in [5.41, 5.74) is 0.971. The summed E-state index contributed by atoms with van der Waals surface area (Å²) in [7, 11) is 1.76. The van der Waals surface area contributed by atoms with Gasteiger partial charge in [-0.1, -0.05) is 11.8 Å². The number of thioether (sulfide) groups is 1. The summed E-state index contributed by atoms with van der Waals surface area (Å²) in [6.07, 6.45) is 3.84. The minimum atomic E-state index is 0.0425. The first-order valence-electron chi connectivity index (χ1n) is 5.80. The van der Waals surface area contributed by atoms with E-state index in [9.17, 15) is 9.59 Å². The Kier molecular flexibility index (Phi) is 4.24. The number of rotatable bonds is 5. The average molecular weight is 268 g/mol. The standard InChI is InChI=1S/C11H16N4O2S/c1-14(8-9-6-12-13-7-9)10(16)2-3-15-4-5-18-11(15)17/h6-7H,2-5,8H2,1H3,(H,12,13). The first-order valence-corrected chi connectivity index (χ1v) is 6.78. The molecule has 0 bridgehead atoms. The molecule has 2 heterocycles. The summed E-state index contributed by atoms with van der Waals surface area (Å²) >= 11 is 1.32. The fourth-order valence-electron chi connectivity index (χ4n) is 1.78. The fraction of sp³-hybridized carbons (Fsp3) is 0.545. The molecule has 98 valence electrons. The summed E-state index contributed by atoms with van der Waals surface area (Å²) in [5, 5.41) is 6.63. The molecule has 18 heavy (non-hydrogen) atoms. The Labute approximate surface area is 110 Å². The lowest BCUT2D eigenvalue weighted by Crippen LogP contribution is -2.32. The van der Waals surface area contributed by atoms with Crippen molar-refractivity contribution in [2.75, 3.05) is 25.9 Å². The molecule has 0 unspecified atom stereocenters. The fourth-order valence-corrected chi connectivity index (χ4v) is 2.63. The van der Waals surface area contributed by atoms with E-state index in [1.807, 2.05) is 0 Å². The molecule has 1 fully saturated rings. The smallest absolute Gasteiger partial charge is 0.281 e. The second kappa shape index (κ2) is 5.90. The van der Waals surface area contributed by atoms with Crippen molar-refractivity contribution in [2.24, 2.45) is 0 Å². The van der Waals surface area contributed by atoms with Crippen LogP contribution < -0.4 is 0 Å². The van der Waals surface area contributed by atoms with Crippen molar-refractivity contribution >= 4 is 22.9 Å². The monoisotopic (exact) mass is 268 g/mol. The van der Waals surface area contributed by atoms with Crippen molar-refractivity contribution in [3.63, 3.8) is 0 Å². The zero-order chi connectivity index (χ0) is 13.0. The highest BCUT2D eigenvalue weighted by atomic mass is 32.2. The van der Waals surface area contributed by atoms with E-state index in [1.54, 1.807) is 29.2 Å². The summed E-state index contributed by atoms with van der Waals surface area (Å²) in [6, 6.07) is 0. The predicted molar refractivity (Wildman–Crippen MR) is 69.1 cm³/mol. The molecule has 0 atom stereocenters. The highest BCUT2D eigenvalue weighted by Gasteiger charge is 2.22. The number of carbonyl (C=O) groups is 2. The van der Waals surface area contributed by atoms with Gasteiger partial charge in [0, 0.05) is 50.6 Å². The van der Waals surface area contributed by atoms with Crippen LogP contribution in [0.25, 0.3) is 0 Å². The van der Waals surface area contributed by atoms with Gasteiger partial charge >= 0.3 is 0 Å². The molecule has 0 spiro atoms. The molecule has 1 aromatic heterocycles. The first-order chi connectivity index (χ1) is 8.66. The largest absolute Gasteiger partial charge is 0.341 e. The molecule has 7 heteroatoms.